The minimum Gasteiger partial charge on any atom is -0.497 e. The molecule has 0 aliphatic heterocycles. The number of aryl methyl sites for hydroxylation is 3. The van der Waals surface area contributed by atoms with E-state index in [9.17, 15) is 9.18 Å². The van der Waals surface area contributed by atoms with Gasteiger partial charge in [0.1, 0.15) is 11.6 Å². The number of carbonyl (C=O) groups is 1. The fourth-order valence-electron chi connectivity index (χ4n) is 4.35. The molecule has 0 bridgehead atoms. The van der Waals surface area contributed by atoms with Crippen molar-refractivity contribution in [1.82, 2.24) is 5.32 Å². The molecule has 3 rings (SSSR count). The van der Waals surface area contributed by atoms with Gasteiger partial charge in [-0.3, -0.25) is 4.79 Å². The van der Waals surface area contributed by atoms with E-state index in [0.29, 0.717) is 5.56 Å². The van der Waals surface area contributed by atoms with Gasteiger partial charge in [-0.25, -0.2) is 4.39 Å². The van der Waals surface area contributed by atoms with Crippen LogP contribution in [0.1, 0.15) is 67.0 Å². The van der Waals surface area contributed by atoms with Crippen LogP contribution in [0.15, 0.2) is 30.3 Å². The summed E-state index contributed by atoms with van der Waals surface area (Å²) in [5.74, 6) is 0.610. The topological polar surface area (TPSA) is 38.3 Å². The van der Waals surface area contributed by atoms with E-state index in [0.717, 1.165) is 36.1 Å². The Hall–Kier alpha value is -2.36. The number of rotatable bonds is 5. The molecule has 3 atom stereocenters. The maximum atomic E-state index is 14.5. The molecule has 0 spiro atoms. The lowest BCUT2D eigenvalue weighted by molar-refractivity contribution is -0.126. The van der Waals surface area contributed by atoms with Crippen molar-refractivity contribution in [3.8, 4) is 5.75 Å². The summed E-state index contributed by atoms with van der Waals surface area (Å²) in [7, 11) is 1.67. The zero-order chi connectivity index (χ0) is 20.4. The van der Waals surface area contributed by atoms with Gasteiger partial charge in [-0.15, -0.1) is 0 Å². The van der Waals surface area contributed by atoms with Gasteiger partial charge in [0.05, 0.1) is 13.2 Å². The zero-order valence-corrected chi connectivity index (χ0v) is 17.4. The zero-order valence-electron chi connectivity index (χ0n) is 17.4. The highest BCUT2D eigenvalue weighted by molar-refractivity contribution is 5.80. The fraction of sp³-hybridized carbons (Fsp3) is 0.458. The summed E-state index contributed by atoms with van der Waals surface area (Å²) in [5, 5.41) is 3.06. The van der Waals surface area contributed by atoms with E-state index < -0.39 is 0 Å². The summed E-state index contributed by atoms with van der Waals surface area (Å²) in [5.41, 5.74) is 5.08. The Bertz CT molecular complexity index is 877. The van der Waals surface area contributed by atoms with Gasteiger partial charge in [0, 0.05) is 11.5 Å². The second-order valence-electron chi connectivity index (χ2n) is 7.88. The number of fused-ring (bicyclic) bond motifs is 1. The van der Waals surface area contributed by atoms with Gasteiger partial charge in [0.25, 0.3) is 0 Å². The number of hydrogen-bond acceptors (Lipinski definition) is 2. The van der Waals surface area contributed by atoms with E-state index in [4.69, 9.17) is 4.74 Å². The molecule has 0 heterocycles. The molecule has 3 nitrogen and oxygen atoms in total. The van der Waals surface area contributed by atoms with E-state index in [1.54, 1.807) is 13.2 Å². The van der Waals surface area contributed by atoms with E-state index in [-0.39, 0.29) is 29.6 Å². The van der Waals surface area contributed by atoms with Crippen LogP contribution in [0, 0.1) is 18.7 Å². The fourth-order valence-corrected chi connectivity index (χ4v) is 4.35. The molecular formula is C24H30FNO2. The van der Waals surface area contributed by atoms with Gasteiger partial charge < -0.3 is 10.1 Å². The number of halogens is 1. The van der Waals surface area contributed by atoms with E-state index in [1.165, 1.54) is 11.1 Å². The lowest BCUT2D eigenvalue weighted by Gasteiger charge is -2.31. The molecule has 1 aliphatic carbocycles. The van der Waals surface area contributed by atoms with Gasteiger partial charge in [0.2, 0.25) is 5.91 Å². The largest absolute Gasteiger partial charge is 0.497 e. The highest BCUT2D eigenvalue weighted by Gasteiger charge is 2.32. The van der Waals surface area contributed by atoms with Crippen molar-refractivity contribution < 1.29 is 13.9 Å². The summed E-state index contributed by atoms with van der Waals surface area (Å²) < 4.78 is 19.8. The molecule has 0 radical (unpaired) electrons. The minimum absolute atomic E-state index is 0.000471. The normalized spacial score (nSPS) is 19.6. The number of amides is 1. The third-order valence-electron chi connectivity index (χ3n) is 6.17. The van der Waals surface area contributed by atoms with Crippen molar-refractivity contribution in [2.45, 2.75) is 58.9 Å². The molecule has 0 saturated heterocycles. The molecule has 0 aromatic heterocycles. The Kier molecular flexibility index (Phi) is 6.07. The molecule has 0 saturated carbocycles. The third-order valence-corrected chi connectivity index (χ3v) is 6.17. The molecule has 28 heavy (non-hydrogen) atoms. The Balaban J connectivity index is 1.76. The predicted octanol–water partition coefficient (Wildman–Crippen LogP) is 5.25. The van der Waals surface area contributed by atoms with Crippen LogP contribution in [-0.2, 0) is 17.6 Å². The van der Waals surface area contributed by atoms with Crippen LogP contribution in [-0.4, -0.2) is 13.0 Å². The van der Waals surface area contributed by atoms with E-state index in [1.807, 2.05) is 26.0 Å². The van der Waals surface area contributed by atoms with Gasteiger partial charge in [0.15, 0.2) is 0 Å². The first-order valence-corrected chi connectivity index (χ1v) is 10.1. The van der Waals surface area contributed by atoms with Crippen LogP contribution in [0.2, 0.25) is 0 Å². The second-order valence-corrected chi connectivity index (χ2v) is 7.88. The summed E-state index contributed by atoms with van der Waals surface area (Å²) >= 11 is 0. The Labute approximate surface area is 167 Å². The molecule has 3 unspecified atom stereocenters. The number of nitrogens with one attached hydrogen (secondary N) is 1. The highest BCUT2D eigenvalue weighted by Crippen LogP contribution is 2.38. The Morgan fingerprint density at radius 1 is 1.32 bits per heavy atom. The quantitative estimate of drug-likeness (QED) is 0.766. The average molecular weight is 384 g/mol. The van der Waals surface area contributed by atoms with Crippen molar-refractivity contribution in [3.63, 3.8) is 0 Å². The SMILES string of the molecule is CCc1cc(C(C)NC(=O)C2CCc3cc(OC)ccc3C2C)c(F)cc1C. The van der Waals surface area contributed by atoms with E-state index in [2.05, 4.69) is 31.3 Å². The number of methoxy groups -OCH3 is 1. The number of hydrogen-bond donors (Lipinski definition) is 1. The van der Waals surface area contributed by atoms with Crippen LogP contribution in [0.25, 0.3) is 0 Å². The average Bonchev–Trinajstić information content (AvgIpc) is 2.67. The van der Waals surface area contributed by atoms with Gasteiger partial charge in [-0.2, -0.15) is 0 Å². The van der Waals surface area contributed by atoms with Crippen LogP contribution >= 0.6 is 0 Å². The molecule has 0 fully saturated rings. The van der Waals surface area contributed by atoms with Crippen LogP contribution in [0.5, 0.6) is 5.75 Å². The second kappa shape index (κ2) is 8.34. The molecule has 150 valence electrons. The van der Waals surface area contributed by atoms with Gasteiger partial charge in [-0.1, -0.05) is 26.0 Å². The van der Waals surface area contributed by atoms with Crippen LogP contribution < -0.4 is 10.1 Å². The first kappa shape index (κ1) is 20.4. The molecular weight excluding hydrogens is 353 g/mol. The summed E-state index contributed by atoms with van der Waals surface area (Å²) in [4.78, 5) is 13.0. The van der Waals surface area contributed by atoms with Crippen LogP contribution in [0.4, 0.5) is 4.39 Å². The Morgan fingerprint density at radius 3 is 2.75 bits per heavy atom. The van der Waals surface area contributed by atoms with Crippen molar-refractivity contribution in [2.75, 3.05) is 7.11 Å². The monoisotopic (exact) mass is 383 g/mol. The lowest BCUT2D eigenvalue weighted by Crippen LogP contribution is -2.37. The standard InChI is InChI=1S/C24H30FNO2/c1-6-17-13-22(23(25)11-14(17)2)16(4)26-24(27)21-9-7-18-12-19(28-5)8-10-20(18)15(21)3/h8,10-13,15-16,21H,6-7,9H2,1-5H3,(H,26,27). The molecule has 1 aliphatic rings. The van der Waals surface area contributed by atoms with E-state index >= 15 is 0 Å². The van der Waals surface area contributed by atoms with Crippen molar-refractivity contribution in [1.29, 1.82) is 0 Å². The number of carbonyl (C=O) groups excluding carboxylic acids is 1. The smallest absolute Gasteiger partial charge is 0.224 e. The summed E-state index contributed by atoms with van der Waals surface area (Å²) in [6.45, 7) is 7.94. The molecule has 1 N–H and O–H groups in total. The maximum Gasteiger partial charge on any atom is 0.224 e. The van der Waals surface area contributed by atoms with Crippen molar-refractivity contribution in [3.05, 3.63) is 64.0 Å². The van der Waals surface area contributed by atoms with Gasteiger partial charge in [-0.05, 0) is 79.5 Å². The molecule has 4 heteroatoms. The molecule has 2 aromatic rings. The maximum absolute atomic E-state index is 14.5. The predicted molar refractivity (Wildman–Crippen MR) is 110 cm³/mol. The van der Waals surface area contributed by atoms with Gasteiger partial charge >= 0.3 is 0 Å². The van der Waals surface area contributed by atoms with Crippen LogP contribution in [0.3, 0.4) is 0 Å². The summed E-state index contributed by atoms with van der Waals surface area (Å²) in [6, 6.07) is 9.19. The minimum atomic E-state index is -0.358. The van der Waals surface area contributed by atoms with Crippen molar-refractivity contribution >= 4 is 5.91 Å². The Morgan fingerprint density at radius 2 is 2.07 bits per heavy atom. The molecule has 2 aromatic carbocycles. The first-order valence-electron chi connectivity index (χ1n) is 10.1. The number of benzene rings is 2. The highest BCUT2D eigenvalue weighted by atomic mass is 19.1. The number of ether oxygens (including phenoxy) is 1. The molecule has 1 amide bonds. The lowest BCUT2D eigenvalue weighted by atomic mass is 9.75. The summed E-state index contributed by atoms with van der Waals surface area (Å²) in [6.07, 6.45) is 2.48. The first-order chi connectivity index (χ1) is 13.3. The third kappa shape index (κ3) is 3.91. The van der Waals surface area contributed by atoms with Crippen molar-refractivity contribution in [2.24, 2.45) is 5.92 Å².